The fourth-order valence-corrected chi connectivity index (χ4v) is 0.385. The fourth-order valence-electron chi connectivity index (χ4n) is 0.385. The quantitative estimate of drug-likeness (QED) is 0.663. The highest BCUT2D eigenvalue weighted by Gasteiger charge is 1.57. The largest absolute Gasteiger partial charge is 0.323 e. The molecule has 0 radical (unpaired) electrons. The van der Waals surface area contributed by atoms with Crippen LogP contribution in [0.1, 0.15) is 34.1 Å². The Hall–Kier alpha value is -0.820. The van der Waals surface area contributed by atoms with Crippen LogP contribution in [-0.2, 0) is 0 Å². The second-order valence-electron chi connectivity index (χ2n) is 2.36. The minimum absolute atomic E-state index is 1.25. The van der Waals surface area contributed by atoms with Gasteiger partial charge in [-0.05, 0) is 14.1 Å². The molecule has 0 unspecified atom stereocenters. The van der Waals surface area contributed by atoms with Gasteiger partial charge in [0, 0.05) is 0 Å². The van der Waals surface area contributed by atoms with Crippen LogP contribution >= 0.6 is 0 Å². The van der Waals surface area contributed by atoms with Crippen LogP contribution in [0.4, 0.5) is 0 Å². The van der Waals surface area contributed by atoms with Gasteiger partial charge >= 0.3 is 0 Å². The second-order valence-corrected chi connectivity index (χ2v) is 2.36. The molecule has 0 heterocycles. The Morgan fingerprint density at radius 3 is 0.857 bits per heavy atom. The average Bonchev–Trinajstić information content (AvgIpc) is 2.26. The Balaban J connectivity index is -0.000000132. The molecule has 1 aromatic rings. The van der Waals surface area contributed by atoms with E-state index in [0.29, 0.717) is 0 Å². The van der Waals surface area contributed by atoms with Crippen LogP contribution in [-0.4, -0.2) is 14.1 Å². The molecule has 1 rings (SSSR count). The molecule has 0 spiro atoms. The molecular formula is C13H27N. The highest BCUT2D eigenvalue weighted by atomic mass is 14.7. The van der Waals surface area contributed by atoms with E-state index >= 15 is 0 Å². The lowest BCUT2D eigenvalue weighted by atomic mass is 10.4. The van der Waals surface area contributed by atoms with Crippen molar-refractivity contribution >= 4 is 0 Å². The highest BCUT2D eigenvalue weighted by Crippen LogP contribution is 1.79. The van der Waals surface area contributed by atoms with E-state index in [2.05, 4.69) is 19.2 Å². The van der Waals surface area contributed by atoms with Gasteiger partial charge in [-0.1, -0.05) is 70.5 Å². The molecule has 0 aromatic heterocycles. The van der Waals surface area contributed by atoms with Crippen LogP contribution < -0.4 is 5.32 Å². The smallest absolute Gasteiger partial charge is 0.0167 e. The molecule has 0 amide bonds. The van der Waals surface area contributed by atoms with Crippen molar-refractivity contribution in [3.8, 4) is 0 Å². The van der Waals surface area contributed by atoms with E-state index in [1.807, 2.05) is 64.3 Å². The van der Waals surface area contributed by atoms with Gasteiger partial charge in [-0.25, -0.2) is 0 Å². The Bertz CT molecular complexity index is 97.2. The van der Waals surface area contributed by atoms with Gasteiger partial charge in [0.1, 0.15) is 0 Å². The molecule has 0 bridgehead atoms. The zero-order chi connectivity index (χ0) is 11.7. The van der Waals surface area contributed by atoms with Crippen molar-refractivity contribution in [3.05, 3.63) is 36.4 Å². The average molecular weight is 197 g/mol. The molecule has 0 atom stereocenters. The number of nitrogens with one attached hydrogen (secondary N) is 1. The monoisotopic (exact) mass is 197 g/mol. The van der Waals surface area contributed by atoms with Gasteiger partial charge in [-0.2, -0.15) is 0 Å². The minimum atomic E-state index is 1.25. The molecule has 0 saturated heterocycles. The van der Waals surface area contributed by atoms with Crippen LogP contribution in [0, 0.1) is 0 Å². The molecular weight excluding hydrogens is 170 g/mol. The summed E-state index contributed by atoms with van der Waals surface area (Å²) in [6, 6.07) is 12.0. The Kier molecular flexibility index (Phi) is 39.8. The first-order valence-electron chi connectivity index (χ1n) is 5.41. The van der Waals surface area contributed by atoms with Gasteiger partial charge in [0.05, 0.1) is 0 Å². The van der Waals surface area contributed by atoms with Crippen LogP contribution in [0.3, 0.4) is 0 Å². The van der Waals surface area contributed by atoms with Crippen LogP contribution in [0.5, 0.6) is 0 Å². The van der Waals surface area contributed by atoms with E-state index < -0.39 is 0 Å². The first-order chi connectivity index (χ1) is 6.83. The molecule has 14 heavy (non-hydrogen) atoms. The maximum atomic E-state index is 2.75. The Morgan fingerprint density at radius 1 is 0.714 bits per heavy atom. The van der Waals surface area contributed by atoms with Crippen LogP contribution in [0.2, 0.25) is 0 Å². The van der Waals surface area contributed by atoms with Crippen molar-refractivity contribution in [2.24, 2.45) is 0 Å². The number of hydrogen-bond donors (Lipinski definition) is 1. The summed E-state index contributed by atoms with van der Waals surface area (Å²) in [5.41, 5.74) is 0. The van der Waals surface area contributed by atoms with Gasteiger partial charge in [0.15, 0.2) is 0 Å². The molecule has 0 aliphatic carbocycles. The fraction of sp³-hybridized carbons (Fsp3) is 0.538. The molecule has 1 N–H and O–H groups in total. The predicted octanol–water partition coefficient (Wildman–Crippen LogP) is 3.96. The summed E-state index contributed by atoms with van der Waals surface area (Å²) in [6.07, 6.45) is 1.25. The molecule has 0 fully saturated rings. The van der Waals surface area contributed by atoms with E-state index in [4.69, 9.17) is 0 Å². The maximum Gasteiger partial charge on any atom is -0.0167 e. The summed E-state index contributed by atoms with van der Waals surface area (Å²) in [5, 5.41) is 2.75. The lowest BCUT2D eigenvalue weighted by molar-refractivity contribution is 1.02. The topological polar surface area (TPSA) is 12.0 Å². The molecule has 0 aliphatic heterocycles. The summed E-state index contributed by atoms with van der Waals surface area (Å²) in [5.74, 6) is 0. The second kappa shape index (κ2) is 29.5. The van der Waals surface area contributed by atoms with Gasteiger partial charge < -0.3 is 5.32 Å². The highest BCUT2D eigenvalue weighted by molar-refractivity contribution is 4.99. The molecule has 1 aromatic carbocycles. The van der Waals surface area contributed by atoms with Gasteiger partial charge in [-0.3, -0.25) is 0 Å². The van der Waals surface area contributed by atoms with E-state index in [9.17, 15) is 0 Å². The third-order valence-corrected chi connectivity index (χ3v) is 0.667. The molecule has 84 valence electrons. The Labute approximate surface area is 90.6 Å². The third-order valence-electron chi connectivity index (χ3n) is 0.667. The van der Waals surface area contributed by atoms with E-state index in [1.165, 1.54) is 6.42 Å². The van der Waals surface area contributed by atoms with Crippen molar-refractivity contribution in [2.75, 3.05) is 14.1 Å². The zero-order valence-electron chi connectivity index (χ0n) is 10.7. The number of rotatable bonds is 0. The normalized spacial score (nSPS) is 6.43. The first kappa shape index (κ1) is 18.9. The van der Waals surface area contributed by atoms with Crippen LogP contribution in [0.15, 0.2) is 36.4 Å². The molecule has 0 aliphatic rings. The zero-order valence-corrected chi connectivity index (χ0v) is 10.7. The van der Waals surface area contributed by atoms with Gasteiger partial charge in [-0.15, -0.1) is 0 Å². The van der Waals surface area contributed by atoms with Crippen LogP contribution in [0.25, 0.3) is 0 Å². The standard InChI is InChI=1S/C6H6.C3H8.C2H7N.C2H6/c1-2-4-6-5-3-1;2*1-3-2;1-2/h1-6H;3H2,1-2H3;3H,1-2H3;1-2H3. The predicted molar refractivity (Wildman–Crippen MR) is 68.7 cm³/mol. The Morgan fingerprint density at radius 2 is 0.786 bits per heavy atom. The SMILES string of the molecule is CC.CCC.CNC.c1ccccc1. The van der Waals surface area contributed by atoms with Crippen molar-refractivity contribution in [3.63, 3.8) is 0 Å². The lowest BCUT2D eigenvalue weighted by Gasteiger charge is -1.69. The van der Waals surface area contributed by atoms with Crippen molar-refractivity contribution in [1.82, 2.24) is 5.32 Å². The van der Waals surface area contributed by atoms with E-state index in [1.54, 1.807) is 0 Å². The summed E-state index contributed by atoms with van der Waals surface area (Å²) < 4.78 is 0. The number of hydrogen-bond acceptors (Lipinski definition) is 1. The summed E-state index contributed by atoms with van der Waals surface area (Å²) in [6.45, 7) is 8.25. The van der Waals surface area contributed by atoms with E-state index in [-0.39, 0.29) is 0 Å². The summed E-state index contributed by atoms with van der Waals surface area (Å²) in [7, 11) is 3.75. The maximum absolute atomic E-state index is 2.75. The molecule has 1 heteroatoms. The van der Waals surface area contributed by atoms with Gasteiger partial charge in [0.2, 0.25) is 0 Å². The summed E-state index contributed by atoms with van der Waals surface area (Å²) in [4.78, 5) is 0. The van der Waals surface area contributed by atoms with Crippen molar-refractivity contribution in [1.29, 1.82) is 0 Å². The first-order valence-corrected chi connectivity index (χ1v) is 5.41. The van der Waals surface area contributed by atoms with Gasteiger partial charge in [0.25, 0.3) is 0 Å². The third kappa shape index (κ3) is 43.2. The summed E-state index contributed by atoms with van der Waals surface area (Å²) >= 11 is 0. The lowest BCUT2D eigenvalue weighted by Crippen LogP contribution is -1.89. The van der Waals surface area contributed by atoms with E-state index in [0.717, 1.165) is 0 Å². The van der Waals surface area contributed by atoms with Crippen molar-refractivity contribution in [2.45, 2.75) is 34.1 Å². The molecule has 0 saturated carbocycles. The number of benzene rings is 1. The van der Waals surface area contributed by atoms with Crippen molar-refractivity contribution < 1.29 is 0 Å². The minimum Gasteiger partial charge on any atom is -0.323 e. The molecule has 1 nitrogen and oxygen atoms in total.